The van der Waals surface area contributed by atoms with E-state index in [2.05, 4.69) is 31.4 Å². The fourth-order valence-corrected chi connectivity index (χ4v) is 4.08. The van der Waals surface area contributed by atoms with Gasteiger partial charge in [-0.15, -0.1) is 0 Å². The first-order chi connectivity index (χ1) is 15.5. The van der Waals surface area contributed by atoms with Gasteiger partial charge in [-0.2, -0.15) is 5.10 Å². The summed E-state index contributed by atoms with van der Waals surface area (Å²) in [5.74, 6) is -0.645. The molecule has 162 valence electrons. The molecule has 1 amide bonds. The molecule has 0 spiro atoms. The van der Waals surface area contributed by atoms with Crippen LogP contribution < -0.4 is 10.9 Å². The van der Waals surface area contributed by atoms with Crippen molar-refractivity contribution in [2.45, 2.75) is 13.0 Å². The third-order valence-corrected chi connectivity index (χ3v) is 5.82. The van der Waals surface area contributed by atoms with Gasteiger partial charge in [0.2, 0.25) is 0 Å². The van der Waals surface area contributed by atoms with E-state index < -0.39 is 5.82 Å². The lowest BCUT2D eigenvalue weighted by atomic mass is 10.0. The van der Waals surface area contributed by atoms with E-state index in [9.17, 15) is 9.59 Å². The molecule has 5 rings (SSSR count). The number of hydrogen-bond donors (Lipinski definition) is 2. The number of nitrogens with one attached hydrogen (secondary N) is 2. The molecule has 3 aromatic heterocycles. The van der Waals surface area contributed by atoms with E-state index in [0.29, 0.717) is 35.4 Å². The normalized spacial score (nSPS) is 14.6. The molecular formula is C23H21FN6O2. The van der Waals surface area contributed by atoms with Gasteiger partial charge >= 0.3 is 0 Å². The van der Waals surface area contributed by atoms with Crippen LogP contribution in [-0.4, -0.2) is 50.5 Å². The number of hydrogen-bond acceptors (Lipinski definition) is 5. The number of benzene rings is 1. The summed E-state index contributed by atoms with van der Waals surface area (Å²) in [5, 5.41) is 6.69. The van der Waals surface area contributed by atoms with E-state index >= 15 is 4.39 Å². The van der Waals surface area contributed by atoms with Crippen LogP contribution in [0.3, 0.4) is 0 Å². The van der Waals surface area contributed by atoms with Gasteiger partial charge in [-0.05, 0) is 35.8 Å². The summed E-state index contributed by atoms with van der Waals surface area (Å²) >= 11 is 0. The zero-order valence-electron chi connectivity index (χ0n) is 17.4. The van der Waals surface area contributed by atoms with Crippen LogP contribution in [0.1, 0.15) is 28.0 Å². The van der Waals surface area contributed by atoms with Gasteiger partial charge in [-0.25, -0.2) is 8.91 Å². The highest BCUT2D eigenvalue weighted by Crippen LogP contribution is 2.25. The second kappa shape index (κ2) is 8.01. The van der Waals surface area contributed by atoms with Crippen LogP contribution in [0.15, 0.2) is 53.6 Å². The largest absolute Gasteiger partial charge is 0.354 e. The van der Waals surface area contributed by atoms with Gasteiger partial charge in [0.05, 0.1) is 11.7 Å². The average molecular weight is 432 g/mol. The number of amides is 1. The molecule has 2 N–H and O–H groups in total. The molecule has 0 atom stereocenters. The van der Waals surface area contributed by atoms with Crippen LogP contribution in [0.5, 0.6) is 0 Å². The minimum absolute atomic E-state index is 0.166. The maximum Gasteiger partial charge on any atom is 0.274 e. The van der Waals surface area contributed by atoms with Crippen molar-refractivity contribution in [2.24, 2.45) is 0 Å². The summed E-state index contributed by atoms with van der Waals surface area (Å²) < 4.78 is 16.7. The van der Waals surface area contributed by atoms with E-state index in [1.54, 1.807) is 37.5 Å². The maximum atomic E-state index is 15.2. The molecule has 4 heterocycles. The molecule has 0 bridgehead atoms. The number of aromatic amines is 1. The molecule has 0 radical (unpaired) electrons. The predicted octanol–water partition coefficient (Wildman–Crippen LogP) is 2.36. The molecule has 9 heteroatoms. The Labute approximate surface area is 182 Å². The van der Waals surface area contributed by atoms with Gasteiger partial charge in [0.25, 0.3) is 11.5 Å². The molecule has 1 aromatic carbocycles. The highest BCUT2D eigenvalue weighted by molar-refractivity contribution is 5.92. The van der Waals surface area contributed by atoms with E-state index in [1.807, 2.05) is 6.07 Å². The summed E-state index contributed by atoms with van der Waals surface area (Å²) in [6, 6.07) is 8.74. The minimum Gasteiger partial charge on any atom is -0.354 e. The van der Waals surface area contributed by atoms with Gasteiger partial charge in [-0.3, -0.25) is 19.5 Å². The summed E-state index contributed by atoms with van der Waals surface area (Å²) in [5.41, 5.74) is 3.75. The number of nitrogens with zero attached hydrogens (tertiary/aromatic N) is 4. The highest BCUT2D eigenvalue weighted by Gasteiger charge is 2.18. The van der Waals surface area contributed by atoms with E-state index in [-0.39, 0.29) is 17.0 Å². The Kier molecular flexibility index (Phi) is 5.02. The number of rotatable bonds is 4. The highest BCUT2D eigenvalue weighted by atomic mass is 19.1. The maximum absolute atomic E-state index is 15.2. The van der Waals surface area contributed by atoms with E-state index in [1.165, 1.54) is 10.7 Å². The Hall–Kier alpha value is -3.85. The van der Waals surface area contributed by atoms with Crippen LogP contribution in [0.2, 0.25) is 0 Å². The number of carbonyl (C=O) groups excluding carboxylic acids is 1. The predicted molar refractivity (Wildman–Crippen MR) is 119 cm³/mol. The quantitative estimate of drug-likeness (QED) is 0.516. The van der Waals surface area contributed by atoms with Gasteiger partial charge in [-0.1, -0.05) is 18.2 Å². The van der Waals surface area contributed by atoms with Gasteiger partial charge in [0.1, 0.15) is 16.7 Å². The number of H-pyrrole nitrogens is 1. The Balaban J connectivity index is 1.35. The Morgan fingerprint density at radius 2 is 2.09 bits per heavy atom. The minimum atomic E-state index is -0.430. The molecule has 8 nitrogen and oxygen atoms in total. The van der Waals surface area contributed by atoms with Gasteiger partial charge in [0, 0.05) is 38.4 Å². The number of fused-ring (bicyclic) bond motifs is 3. The molecular weight excluding hydrogens is 411 g/mol. The second-order valence-electron chi connectivity index (χ2n) is 7.74. The van der Waals surface area contributed by atoms with Crippen molar-refractivity contribution in [1.29, 1.82) is 0 Å². The standard InChI is InChI=1S/C23H21FN6O2/c1-25-22(31)17-4-2-15(12-26-17)14-7-10-29(11-8-14)13-16-3-5-18-21(20(16)24)28-23(32)19-6-9-27-30(18)19/h2-7,9,12H,8,10-11,13H2,1H3,(H,25,31)(H,28,32). The molecule has 1 aliphatic rings. The zero-order chi connectivity index (χ0) is 22.2. The SMILES string of the molecule is CNC(=O)c1ccc(C2=CCN(Cc3ccc4c([nH]c(=O)c5ccnn54)c3F)CC2)cn1. The van der Waals surface area contributed by atoms with Crippen molar-refractivity contribution in [3.8, 4) is 0 Å². The summed E-state index contributed by atoms with van der Waals surface area (Å²) in [4.78, 5) is 32.9. The van der Waals surface area contributed by atoms with Crippen LogP contribution in [0.25, 0.3) is 22.1 Å². The number of aromatic nitrogens is 4. The fraction of sp³-hybridized carbons (Fsp3) is 0.217. The van der Waals surface area contributed by atoms with Gasteiger partial charge in [0.15, 0.2) is 5.82 Å². The summed E-state index contributed by atoms with van der Waals surface area (Å²) in [6.45, 7) is 1.85. The third kappa shape index (κ3) is 3.46. The molecule has 0 unspecified atom stereocenters. The van der Waals surface area contributed by atoms with Crippen molar-refractivity contribution in [3.05, 3.63) is 81.8 Å². The van der Waals surface area contributed by atoms with Crippen molar-refractivity contribution in [1.82, 2.24) is 29.8 Å². The zero-order valence-corrected chi connectivity index (χ0v) is 17.4. The van der Waals surface area contributed by atoms with E-state index in [4.69, 9.17) is 0 Å². The molecule has 0 aliphatic carbocycles. The molecule has 0 saturated carbocycles. The van der Waals surface area contributed by atoms with Crippen LogP contribution in [-0.2, 0) is 6.54 Å². The third-order valence-electron chi connectivity index (χ3n) is 5.82. The first-order valence-corrected chi connectivity index (χ1v) is 10.3. The number of halogens is 1. The topological polar surface area (TPSA) is 95.4 Å². The average Bonchev–Trinajstić information content (AvgIpc) is 3.32. The van der Waals surface area contributed by atoms with Crippen molar-refractivity contribution in [2.75, 3.05) is 20.1 Å². The van der Waals surface area contributed by atoms with Crippen molar-refractivity contribution >= 4 is 28.0 Å². The molecule has 32 heavy (non-hydrogen) atoms. The van der Waals surface area contributed by atoms with Crippen LogP contribution in [0, 0.1) is 5.82 Å². The first kappa shape index (κ1) is 20.1. The molecule has 1 aliphatic heterocycles. The number of pyridine rings is 1. The van der Waals surface area contributed by atoms with Gasteiger partial charge < -0.3 is 10.3 Å². The molecule has 0 saturated heterocycles. The van der Waals surface area contributed by atoms with Crippen molar-refractivity contribution in [3.63, 3.8) is 0 Å². The monoisotopic (exact) mass is 432 g/mol. The number of carbonyl (C=O) groups is 1. The first-order valence-electron chi connectivity index (χ1n) is 10.3. The van der Waals surface area contributed by atoms with Crippen LogP contribution >= 0.6 is 0 Å². The van der Waals surface area contributed by atoms with Crippen molar-refractivity contribution < 1.29 is 9.18 Å². The second-order valence-corrected chi connectivity index (χ2v) is 7.74. The smallest absolute Gasteiger partial charge is 0.274 e. The lowest BCUT2D eigenvalue weighted by molar-refractivity contribution is 0.0958. The molecule has 0 fully saturated rings. The Morgan fingerprint density at radius 3 is 2.81 bits per heavy atom. The lowest BCUT2D eigenvalue weighted by Crippen LogP contribution is -2.28. The lowest BCUT2D eigenvalue weighted by Gasteiger charge is -2.26. The fourth-order valence-electron chi connectivity index (χ4n) is 4.08. The Bertz CT molecular complexity index is 1420. The van der Waals surface area contributed by atoms with Crippen LogP contribution in [0.4, 0.5) is 4.39 Å². The van der Waals surface area contributed by atoms with E-state index in [0.717, 1.165) is 24.1 Å². The summed E-state index contributed by atoms with van der Waals surface area (Å²) in [7, 11) is 1.57. The summed E-state index contributed by atoms with van der Waals surface area (Å²) in [6.07, 6.45) is 6.13. The molecule has 4 aromatic rings. The Morgan fingerprint density at radius 1 is 1.22 bits per heavy atom.